The standard InChI is InChI=1S/C11H10ClNO/c1-14-10-6-3-2-5-9(10)13-8-4-7-11(13)12/h2-8H,1H3. The molecule has 0 atom stereocenters. The smallest absolute Gasteiger partial charge is 0.142 e. The summed E-state index contributed by atoms with van der Waals surface area (Å²) in [4.78, 5) is 0. The Morgan fingerprint density at radius 2 is 1.93 bits per heavy atom. The van der Waals surface area contributed by atoms with Crippen LogP contribution in [0.15, 0.2) is 42.6 Å². The lowest BCUT2D eigenvalue weighted by Crippen LogP contribution is -1.95. The second-order valence-electron chi connectivity index (χ2n) is 2.87. The molecule has 0 bridgehead atoms. The van der Waals surface area contributed by atoms with E-state index in [1.54, 1.807) is 7.11 Å². The van der Waals surface area contributed by atoms with Gasteiger partial charge >= 0.3 is 0 Å². The van der Waals surface area contributed by atoms with Gasteiger partial charge in [-0.15, -0.1) is 0 Å². The summed E-state index contributed by atoms with van der Waals surface area (Å²) in [6, 6.07) is 11.5. The van der Waals surface area contributed by atoms with Crippen molar-refractivity contribution in [2.75, 3.05) is 7.11 Å². The van der Waals surface area contributed by atoms with Crippen LogP contribution >= 0.6 is 11.6 Å². The Morgan fingerprint density at radius 3 is 2.57 bits per heavy atom. The molecule has 72 valence electrons. The minimum absolute atomic E-state index is 0.675. The van der Waals surface area contributed by atoms with Crippen LogP contribution in [0.2, 0.25) is 5.15 Å². The van der Waals surface area contributed by atoms with Gasteiger partial charge in [0.15, 0.2) is 0 Å². The first kappa shape index (κ1) is 9.16. The van der Waals surface area contributed by atoms with E-state index in [9.17, 15) is 0 Å². The molecule has 0 saturated heterocycles. The van der Waals surface area contributed by atoms with Crippen molar-refractivity contribution < 1.29 is 4.74 Å². The highest BCUT2D eigenvalue weighted by Gasteiger charge is 2.05. The third kappa shape index (κ3) is 1.49. The Kier molecular flexibility index (Phi) is 2.46. The number of hydrogen-bond donors (Lipinski definition) is 0. The molecule has 0 aliphatic heterocycles. The van der Waals surface area contributed by atoms with Crippen LogP contribution in [0.25, 0.3) is 5.69 Å². The molecule has 2 aromatic rings. The summed E-state index contributed by atoms with van der Waals surface area (Å²) in [6.07, 6.45) is 1.90. The van der Waals surface area contributed by atoms with Crippen LogP contribution in [0.1, 0.15) is 0 Å². The molecule has 0 unspecified atom stereocenters. The molecular weight excluding hydrogens is 198 g/mol. The van der Waals surface area contributed by atoms with Gasteiger partial charge in [-0.2, -0.15) is 0 Å². The number of aromatic nitrogens is 1. The van der Waals surface area contributed by atoms with Gasteiger partial charge in [0.05, 0.1) is 12.8 Å². The van der Waals surface area contributed by atoms with E-state index < -0.39 is 0 Å². The maximum absolute atomic E-state index is 6.01. The van der Waals surface area contributed by atoms with Crippen LogP contribution in [-0.2, 0) is 0 Å². The number of hydrogen-bond acceptors (Lipinski definition) is 1. The average molecular weight is 208 g/mol. The Hall–Kier alpha value is -1.41. The number of para-hydroxylation sites is 2. The minimum atomic E-state index is 0.675. The zero-order valence-electron chi connectivity index (χ0n) is 7.77. The van der Waals surface area contributed by atoms with Crippen LogP contribution < -0.4 is 4.74 Å². The lowest BCUT2D eigenvalue weighted by Gasteiger charge is -2.09. The highest BCUT2D eigenvalue weighted by molar-refractivity contribution is 6.29. The number of ether oxygens (including phenoxy) is 1. The molecule has 0 aliphatic rings. The van der Waals surface area contributed by atoms with E-state index in [1.165, 1.54) is 0 Å². The lowest BCUT2D eigenvalue weighted by atomic mass is 10.3. The highest BCUT2D eigenvalue weighted by Crippen LogP contribution is 2.25. The van der Waals surface area contributed by atoms with Crippen LogP contribution in [0.4, 0.5) is 0 Å². The van der Waals surface area contributed by atoms with Gasteiger partial charge in [0.25, 0.3) is 0 Å². The van der Waals surface area contributed by atoms with Crippen molar-refractivity contribution >= 4 is 11.6 Å². The van der Waals surface area contributed by atoms with Gasteiger partial charge in [0.1, 0.15) is 10.9 Å². The first-order chi connectivity index (χ1) is 6.83. The molecule has 0 saturated carbocycles. The van der Waals surface area contributed by atoms with E-state index in [0.29, 0.717) is 5.15 Å². The van der Waals surface area contributed by atoms with E-state index in [1.807, 2.05) is 47.2 Å². The summed E-state index contributed by atoms with van der Waals surface area (Å²) < 4.78 is 7.12. The van der Waals surface area contributed by atoms with Crippen molar-refractivity contribution in [3.8, 4) is 11.4 Å². The SMILES string of the molecule is COc1ccccc1-n1cccc1Cl. The van der Waals surface area contributed by atoms with Crippen LogP contribution in [0.5, 0.6) is 5.75 Å². The molecule has 3 heteroatoms. The summed E-state index contributed by atoms with van der Waals surface area (Å²) in [5.74, 6) is 0.811. The normalized spacial score (nSPS) is 10.1. The van der Waals surface area contributed by atoms with E-state index in [0.717, 1.165) is 11.4 Å². The zero-order chi connectivity index (χ0) is 9.97. The van der Waals surface area contributed by atoms with E-state index >= 15 is 0 Å². The van der Waals surface area contributed by atoms with Crippen molar-refractivity contribution in [1.82, 2.24) is 4.57 Å². The molecule has 2 nitrogen and oxygen atoms in total. The maximum atomic E-state index is 6.01. The minimum Gasteiger partial charge on any atom is -0.495 e. The van der Waals surface area contributed by atoms with Gasteiger partial charge in [-0.25, -0.2) is 0 Å². The average Bonchev–Trinajstić information content (AvgIpc) is 2.64. The fourth-order valence-electron chi connectivity index (χ4n) is 1.38. The van der Waals surface area contributed by atoms with Crippen molar-refractivity contribution in [3.63, 3.8) is 0 Å². The first-order valence-electron chi connectivity index (χ1n) is 4.29. The van der Waals surface area contributed by atoms with Crippen LogP contribution in [0, 0.1) is 0 Å². The van der Waals surface area contributed by atoms with Gasteiger partial charge in [0, 0.05) is 6.20 Å². The molecule has 1 aromatic heterocycles. The fourth-order valence-corrected chi connectivity index (χ4v) is 1.60. The van der Waals surface area contributed by atoms with Gasteiger partial charge in [-0.1, -0.05) is 23.7 Å². The van der Waals surface area contributed by atoms with Gasteiger partial charge in [-0.3, -0.25) is 0 Å². The van der Waals surface area contributed by atoms with Crippen molar-refractivity contribution in [2.24, 2.45) is 0 Å². The summed E-state index contributed by atoms with van der Waals surface area (Å²) in [6.45, 7) is 0. The molecule has 0 fully saturated rings. The van der Waals surface area contributed by atoms with Gasteiger partial charge < -0.3 is 9.30 Å². The van der Waals surface area contributed by atoms with Crippen LogP contribution in [0.3, 0.4) is 0 Å². The summed E-state index contributed by atoms with van der Waals surface area (Å²) in [7, 11) is 1.65. The number of nitrogens with zero attached hydrogens (tertiary/aromatic N) is 1. The van der Waals surface area contributed by atoms with Crippen molar-refractivity contribution in [2.45, 2.75) is 0 Å². The first-order valence-corrected chi connectivity index (χ1v) is 4.67. The van der Waals surface area contributed by atoms with Crippen LogP contribution in [-0.4, -0.2) is 11.7 Å². The molecule has 0 amide bonds. The topological polar surface area (TPSA) is 14.2 Å². The zero-order valence-corrected chi connectivity index (χ0v) is 8.53. The molecule has 0 spiro atoms. The number of methoxy groups -OCH3 is 1. The van der Waals surface area contributed by atoms with Crippen molar-refractivity contribution in [3.05, 3.63) is 47.7 Å². The third-order valence-electron chi connectivity index (χ3n) is 2.04. The highest BCUT2D eigenvalue weighted by atomic mass is 35.5. The second kappa shape index (κ2) is 3.76. The molecule has 0 aliphatic carbocycles. The molecule has 14 heavy (non-hydrogen) atoms. The Bertz CT molecular complexity index is 436. The molecular formula is C11H10ClNO. The largest absolute Gasteiger partial charge is 0.495 e. The summed E-state index contributed by atoms with van der Waals surface area (Å²) in [5.41, 5.74) is 0.949. The molecule has 1 aromatic carbocycles. The third-order valence-corrected chi connectivity index (χ3v) is 2.35. The van der Waals surface area contributed by atoms with E-state index in [-0.39, 0.29) is 0 Å². The van der Waals surface area contributed by atoms with Crippen molar-refractivity contribution in [1.29, 1.82) is 0 Å². The summed E-state index contributed by atoms with van der Waals surface area (Å²) in [5, 5.41) is 0.675. The molecule has 1 heterocycles. The van der Waals surface area contributed by atoms with E-state index in [4.69, 9.17) is 16.3 Å². The predicted molar refractivity (Wildman–Crippen MR) is 57.3 cm³/mol. The fraction of sp³-hybridized carbons (Fsp3) is 0.0909. The maximum Gasteiger partial charge on any atom is 0.142 e. The predicted octanol–water partition coefficient (Wildman–Crippen LogP) is 3.14. The Balaban J connectivity index is 2.56. The number of rotatable bonds is 2. The Morgan fingerprint density at radius 1 is 1.14 bits per heavy atom. The van der Waals surface area contributed by atoms with Gasteiger partial charge in [-0.05, 0) is 24.3 Å². The number of benzene rings is 1. The lowest BCUT2D eigenvalue weighted by molar-refractivity contribution is 0.413. The number of halogens is 1. The molecule has 0 radical (unpaired) electrons. The van der Waals surface area contributed by atoms with Gasteiger partial charge in [0.2, 0.25) is 0 Å². The Labute approximate surface area is 87.7 Å². The summed E-state index contributed by atoms with van der Waals surface area (Å²) >= 11 is 6.01. The molecule has 2 rings (SSSR count). The second-order valence-corrected chi connectivity index (χ2v) is 3.26. The quantitative estimate of drug-likeness (QED) is 0.738. The van der Waals surface area contributed by atoms with E-state index in [2.05, 4.69) is 0 Å². The molecule has 0 N–H and O–H groups in total. The monoisotopic (exact) mass is 207 g/mol.